The lowest BCUT2D eigenvalue weighted by molar-refractivity contribution is 0.147. The van der Waals surface area contributed by atoms with Crippen LogP contribution in [0.25, 0.3) is 0 Å². The van der Waals surface area contributed by atoms with Gasteiger partial charge >= 0.3 is 6.09 Å². The fraction of sp³-hybridized carbons (Fsp3) is 0.875. The molecule has 13 heavy (non-hydrogen) atoms. The van der Waals surface area contributed by atoms with Crippen molar-refractivity contribution in [1.82, 2.24) is 4.90 Å². The van der Waals surface area contributed by atoms with E-state index < -0.39 is 6.09 Å². The number of hydrogen-bond donors (Lipinski definition) is 1. The van der Waals surface area contributed by atoms with E-state index in [2.05, 4.69) is 0 Å². The van der Waals surface area contributed by atoms with Gasteiger partial charge in [0, 0.05) is 19.7 Å². The van der Waals surface area contributed by atoms with Gasteiger partial charge in [-0.15, -0.1) is 0 Å². The van der Waals surface area contributed by atoms with Crippen LogP contribution in [-0.4, -0.2) is 45.6 Å². The van der Waals surface area contributed by atoms with Gasteiger partial charge in [-0.1, -0.05) is 0 Å². The molecule has 0 spiro atoms. The second kappa shape index (κ2) is 8.06. The summed E-state index contributed by atoms with van der Waals surface area (Å²) in [7, 11) is -0.383. The van der Waals surface area contributed by atoms with Gasteiger partial charge in [0.1, 0.15) is 0 Å². The summed E-state index contributed by atoms with van der Waals surface area (Å²) < 4.78 is 5.28. The molecular formula is C8H19NO3Si. The normalized spacial score (nSPS) is 10.9. The van der Waals surface area contributed by atoms with Gasteiger partial charge in [0.05, 0.1) is 0 Å². The van der Waals surface area contributed by atoms with Crippen LogP contribution in [0.5, 0.6) is 0 Å². The van der Waals surface area contributed by atoms with E-state index in [9.17, 15) is 4.79 Å². The SMILES string of the molecule is CCO[SiH2]CCCN(CC)C(=O)O. The summed E-state index contributed by atoms with van der Waals surface area (Å²) in [6.45, 7) is 5.86. The van der Waals surface area contributed by atoms with Gasteiger partial charge in [-0.05, 0) is 26.3 Å². The Kier molecular flexibility index (Phi) is 7.72. The van der Waals surface area contributed by atoms with Crippen molar-refractivity contribution in [1.29, 1.82) is 0 Å². The van der Waals surface area contributed by atoms with E-state index in [0.29, 0.717) is 13.1 Å². The van der Waals surface area contributed by atoms with E-state index in [0.717, 1.165) is 19.1 Å². The fourth-order valence-electron chi connectivity index (χ4n) is 1.04. The van der Waals surface area contributed by atoms with E-state index in [-0.39, 0.29) is 9.76 Å². The summed E-state index contributed by atoms with van der Waals surface area (Å²) in [5, 5.41) is 8.68. The predicted octanol–water partition coefficient (Wildman–Crippen LogP) is 0.915. The van der Waals surface area contributed by atoms with Crippen molar-refractivity contribution < 1.29 is 14.3 Å². The quantitative estimate of drug-likeness (QED) is 0.496. The first-order valence-corrected chi connectivity index (χ1v) is 6.35. The highest BCUT2D eigenvalue weighted by Gasteiger charge is 2.07. The summed E-state index contributed by atoms with van der Waals surface area (Å²) in [4.78, 5) is 12.0. The second-order valence-corrected chi connectivity index (χ2v) is 4.29. The van der Waals surface area contributed by atoms with E-state index >= 15 is 0 Å². The number of hydrogen-bond acceptors (Lipinski definition) is 2. The van der Waals surface area contributed by atoms with Crippen LogP contribution in [0.15, 0.2) is 0 Å². The maximum absolute atomic E-state index is 10.6. The molecule has 0 bridgehead atoms. The molecule has 78 valence electrons. The summed E-state index contributed by atoms with van der Waals surface area (Å²) in [6, 6.07) is 1.07. The Labute approximate surface area is 81.8 Å². The third-order valence-electron chi connectivity index (χ3n) is 1.82. The molecule has 0 fully saturated rings. The molecule has 0 saturated carbocycles. The van der Waals surface area contributed by atoms with Gasteiger partial charge in [0.15, 0.2) is 9.76 Å². The minimum atomic E-state index is -0.819. The molecule has 5 heteroatoms. The molecular weight excluding hydrogens is 186 g/mol. The maximum atomic E-state index is 10.6. The lowest BCUT2D eigenvalue weighted by atomic mass is 10.4. The Morgan fingerprint density at radius 3 is 2.69 bits per heavy atom. The number of amides is 1. The van der Waals surface area contributed by atoms with Crippen LogP contribution in [0.2, 0.25) is 6.04 Å². The largest absolute Gasteiger partial charge is 0.465 e. The van der Waals surface area contributed by atoms with Crippen LogP contribution in [0.1, 0.15) is 20.3 Å². The van der Waals surface area contributed by atoms with Gasteiger partial charge < -0.3 is 14.4 Å². The van der Waals surface area contributed by atoms with Gasteiger partial charge in [-0.25, -0.2) is 4.79 Å². The second-order valence-electron chi connectivity index (χ2n) is 2.77. The topological polar surface area (TPSA) is 49.8 Å². The Hall–Kier alpha value is -0.553. The Morgan fingerprint density at radius 2 is 2.23 bits per heavy atom. The minimum absolute atomic E-state index is 0.383. The summed E-state index contributed by atoms with van der Waals surface area (Å²) in [6.07, 6.45) is 0.118. The molecule has 0 saturated heterocycles. The molecule has 1 amide bonds. The molecule has 0 heterocycles. The highest BCUT2D eigenvalue weighted by Crippen LogP contribution is 1.96. The number of carboxylic acid groups (broad SMARTS) is 1. The van der Waals surface area contributed by atoms with Crippen molar-refractivity contribution in [2.24, 2.45) is 0 Å². The van der Waals surface area contributed by atoms with Gasteiger partial charge in [0.2, 0.25) is 0 Å². The third-order valence-corrected chi connectivity index (χ3v) is 3.31. The van der Waals surface area contributed by atoms with Crippen LogP contribution < -0.4 is 0 Å². The first-order valence-electron chi connectivity index (χ1n) is 4.78. The van der Waals surface area contributed by atoms with E-state index in [1.165, 1.54) is 4.90 Å². The van der Waals surface area contributed by atoms with Crippen molar-refractivity contribution in [3.63, 3.8) is 0 Å². The zero-order valence-corrected chi connectivity index (χ0v) is 9.87. The molecule has 0 aromatic carbocycles. The first kappa shape index (κ1) is 12.4. The van der Waals surface area contributed by atoms with Crippen LogP contribution in [-0.2, 0) is 4.43 Å². The van der Waals surface area contributed by atoms with Crippen molar-refractivity contribution in [2.45, 2.75) is 26.3 Å². The fourth-order valence-corrected chi connectivity index (χ4v) is 1.96. The number of carbonyl (C=O) groups is 1. The molecule has 0 aliphatic heterocycles. The Bertz CT molecular complexity index is 143. The van der Waals surface area contributed by atoms with Crippen molar-refractivity contribution >= 4 is 15.9 Å². The zero-order valence-electron chi connectivity index (χ0n) is 8.45. The lowest BCUT2D eigenvalue weighted by Gasteiger charge is -2.16. The third kappa shape index (κ3) is 6.59. The van der Waals surface area contributed by atoms with Crippen molar-refractivity contribution in [3.8, 4) is 0 Å². The summed E-state index contributed by atoms with van der Waals surface area (Å²) in [5.74, 6) is 0. The lowest BCUT2D eigenvalue weighted by Crippen LogP contribution is -2.30. The van der Waals surface area contributed by atoms with E-state index in [4.69, 9.17) is 9.53 Å². The number of nitrogens with zero attached hydrogens (tertiary/aromatic N) is 1. The number of rotatable bonds is 7. The first-order chi connectivity index (χ1) is 6.22. The van der Waals surface area contributed by atoms with Crippen LogP contribution >= 0.6 is 0 Å². The Balaban J connectivity index is 3.33. The molecule has 0 aromatic rings. The van der Waals surface area contributed by atoms with Gasteiger partial charge in [-0.3, -0.25) is 0 Å². The van der Waals surface area contributed by atoms with Crippen molar-refractivity contribution in [3.05, 3.63) is 0 Å². The van der Waals surface area contributed by atoms with Gasteiger partial charge in [0.25, 0.3) is 0 Å². The van der Waals surface area contributed by atoms with Gasteiger partial charge in [-0.2, -0.15) is 0 Å². The average Bonchev–Trinajstić information content (AvgIpc) is 2.10. The highest BCUT2D eigenvalue weighted by molar-refractivity contribution is 6.26. The molecule has 0 rings (SSSR count). The molecule has 0 radical (unpaired) electrons. The van der Waals surface area contributed by atoms with Crippen LogP contribution in [0, 0.1) is 0 Å². The molecule has 0 aromatic heterocycles. The molecule has 0 aliphatic rings. The Morgan fingerprint density at radius 1 is 1.54 bits per heavy atom. The van der Waals surface area contributed by atoms with Crippen molar-refractivity contribution in [2.75, 3.05) is 19.7 Å². The molecule has 4 nitrogen and oxygen atoms in total. The monoisotopic (exact) mass is 205 g/mol. The van der Waals surface area contributed by atoms with E-state index in [1.54, 1.807) is 0 Å². The standard InChI is InChI=1S/C8H19NO3Si/c1-3-9(8(10)11)6-5-7-13-12-4-2/h3-7,13H2,1-2H3,(H,10,11). The maximum Gasteiger partial charge on any atom is 0.407 e. The minimum Gasteiger partial charge on any atom is -0.465 e. The predicted molar refractivity (Wildman–Crippen MR) is 54.9 cm³/mol. The smallest absolute Gasteiger partial charge is 0.407 e. The van der Waals surface area contributed by atoms with E-state index in [1.807, 2.05) is 13.8 Å². The summed E-state index contributed by atoms with van der Waals surface area (Å²) in [5.41, 5.74) is 0. The molecule has 1 N–H and O–H groups in total. The molecule has 0 unspecified atom stereocenters. The summed E-state index contributed by atoms with van der Waals surface area (Å²) >= 11 is 0. The molecule has 0 atom stereocenters. The van der Waals surface area contributed by atoms with Crippen LogP contribution in [0.4, 0.5) is 4.79 Å². The molecule has 0 aliphatic carbocycles. The highest BCUT2D eigenvalue weighted by atomic mass is 28.2. The zero-order chi connectivity index (χ0) is 10.1. The average molecular weight is 205 g/mol. The van der Waals surface area contributed by atoms with Crippen LogP contribution in [0.3, 0.4) is 0 Å².